The van der Waals surface area contributed by atoms with Gasteiger partial charge in [-0.2, -0.15) is 0 Å². The zero-order valence-electron chi connectivity index (χ0n) is 27.7. The van der Waals surface area contributed by atoms with E-state index in [0.717, 1.165) is 32.9 Å². The number of fused-ring (bicyclic) bond motifs is 4. The third-order valence-electron chi connectivity index (χ3n) is 9.73. The van der Waals surface area contributed by atoms with Gasteiger partial charge in [-0.05, 0) is 71.8 Å². The number of carbonyl (C=O) groups is 4. The van der Waals surface area contributed by atoms with Gasteiger partial charge in [0.05, 0.1) is 33.5 Å². The summed E-state index contributed by atoms with van der Waals surface area (Å²) >= 11 is 0. The Hall–Kier alpha value is -7.18. The van der Waals surface area contributed by atoms with E-state index in [-0.39, 0.29) is 17.1 Å². The van der Waals surface area contributed by atoms with Crippen molar-refractivity contribution in [2.24, 2.45) is 0 Å². The average Bonchev–Trinajstić information content (AvgIpc) is 3.67. The minimum atomic E-state index is -0.426. The van der Waals surface area contributed by atoms with Crippen LogP contribution < -0.4 is 4.90 Å². The second-order valence-electron chi connectivity index (χ2n) is 12.7. The Morgan fingerprint density at radius 3 is 1.46 bits per heavy atom. The fourth-order valence-electron chi connectivity index (χ4n) is 7.20. The largest absolute Gasteiger partial charge is 0.308 e. The van der Waals surface area contributed by atoms with Crippen LogP contribution in [0.2, 0.25) is 0 Å². The summed E-state index contributed by atoms with van der Waals surface area (Å²) < 4.78 is 1.95. The van der Waals surface area contributed by atoms with Crippen LogP contribution in [0, 0.1) is 0 Å². The van der Waals surface area contributed by atoms with Gasteiger partial charge in [-0.25, -0.2) is 4.90 Å². The highest BCUT2D eigenvalue weighted by molar-refractivity contribution is 6.36. The maximum atomic E-state index is 14.4. The van der Waals surface area contributed by atoms with Gasteiger partial charge in [0.25, 0.3) is 11.8 Å². The Labute approximate surface area is 298 Å². The number of imide groups is 1. The molecule has 0 unspecified atom stereocenters. The topological polar surface area (TPSA) is 76.5 Å². The lowest BCUT2D eigenvalue weighted by Gasteiger charge is -2.15. The van der Waals surface area contributed by atoms with E-state index < -0.39 is 11.8 Å². The van der Waals surface area contributed by atoms with E-state index in [2.05, 4.69) is 0 Å². The first-order chi connectivity index (χ1) is 25.5. The Balaban J connectivity index is 1.20. The smallest absolute Gasteiger partial charge is 0.268 e. The van der Waals surface area contributed by atoms with Gasteiger partial charge < -0.3 is 4.57 Å². The molecule has 0 fully saturated rings. The van der Waals surface area contributed by atoms with Gasteiger partial charge >= 0.3 is 0 Å². The fourth-order valence-corrected chi connectivity index (χ4v) is 7.20. The molecule has 1 aromatic heterocycles. The molecule has 0 aliphatic carbocycles. The molecule has 0 radical (unpaired) electrons. The van der Waals surface area contributed by atoms with Crippen LogP contribution in [-0.4, -0.2) is 27.9 Å². The molecule has 2 amide bonds. The van der Waals surface area contributed by atoms with E-state index in [9.17, 15) is 19.2 Å². The molecule has 9 rings (SSSR count). The van der Waals surface area contributed by atoms with E-state index in [4.69, 9.17) is 0 Å². The van der Waals surface area contributed by atoms with E-state index >= 15 is 0 Å². The van der Waals surface area contributed by atoms with E-state index in [1.54, 1.807) is 60.7 Å². The second kappa shape index (κ2) is 12.3. The van der Waals surface area contributed by atoms with Crippen LogP contribution in [0.3, 0.4) is 0 Å². The molecule has 7 aromatic carbocycles. The highest BCUT2D eigenvalue weighted by Crippen LogP contribution is 2.39. The lowest BCUT2D eigenvalue weighted by molar-refractivity contribution is 0.0924. The summed E-state index contributed by atoms with van der Waals surface area (Å²) in [5.41, 5.74) is 7.17. The maximum Gasteiger partial charge on any atom is 0.268 e. The van der Waals surface area contributed by atoms with Gasteiger partial charge in [-0.15, -0.1) is 0 Å². The lowest BCUT2D eigenvalue weighted by Crippen LogP contribution is -2.29. The standard InChI is InChI=1S/C46H28N2O4/c49-43(31-13-6-2-7-14-31)33-21-25-39-37(27-33)38-28-34(44(50)32-15-8-3-9-16-32)22-26-40(38)48(39)41-18-10-17-36-42(41)46(52)47(45(36)51)35-23-19-30(20-24-35)29-11-4-1-5-12-29/h1-28H. The maximum absolute atomic E-state index is 14.4. The summed E-state index contributed by atoms with van der Waals surface area (Å²) in [7, 11) is 0. The number of rotatable bonds is 7. The molecule has 1 aliphatic rings. The highest BCUT2D eigenvalue weighted by Gasteiger charge is 2.39. The normalized spacial score (nSPS) is 12.4. The molecule has 0 saturated carbocycles. The van der Waals surface area contributed by atoms with Crippen molar-refractivity contribution in [3.63, 3.8) is 0 Å². The molecule has 246 valence electrons. The van der Waals surface area contributed by atoms with Gasteiger partial charge in [0.1, 0.15) is 0 Å². The minimum Gasteiger partial charge on any atom is -0.308 e. The predicted octanol–water partition coefficient (Wildman–Crippen LogP) is 9.71. The molecule has 8 aromatic rings. The first-order valence-electron chi connectivity index (χ1n) is 16.9. The number of carbonyl (C=O) groups excluding carboxylic acids is 4. The summed E-state index contributed by atoms with van der Waals surface area (Å²) in [6, 6.07) is 51.7. The summed E-state index contributed by atoms with van der Waals surface area (Å²) in [6.45, 7) is 0. The highest BCUT2D eigenvalue weighted by atomic mass is 16.2. The number of ketones is 2. The van der Waals surface area contributed by atoms with Crippen molar-refractivity contribution in [2.45, 2.75) is 0 Å². The number of aromatic nitrogens is 1. The summed E-state index contributed by atoms with van der Waals surface area (Å²) in [6.07, 6.45) is 0. The van der Waals surface area contributed by atoms with Gasteiger partial charge in [0.2, 0.25) is 0 Å². The van der Waals surface area contributed by atoms with Crippen molar-refractivity contribution in [3.8, 4) is 16.8 Å². The molecule has 0 bridgehead atoms. The van der Waals surface area contributed by atoms with Gasteiger partial charge in [0, 0.05) is 33.0 Å². The Kier molecular flexibility index (Phi) is 7.30. The minimum absolute atomic E-state index is 0.129. The first-order valence-corrected chi connectivity index (χ1v) is 16.9. The van der Waals surface area contributed by atoms with Crippen molar-refractivity contribution in [1.29, 1.82) is 0 Å². The number of hydrogen-bond acceptors (Lipinski definition) is 4. The molecule has 0 N–H and O–H groups in total. The first kappa shape index (κ1) is 30.8. The van der Waals surface area contributed by atoms with Gasteiger partial charge in [-0.1, -0.05) is 109 Å². The predicted molar refractivity (Wildman–Crippen MR) is 204 cm³/mol. The summed E-state index contributed by atoms with van der Waals surface area (Å²) in [5, 5.41) is 1.48. The van der Waals surface area contributed by atoms with E-state index in [1.165, 1.54) is 4.90 Å². The van der Waals surface area contributed by atoms with Crippen LogP contribution in [-0.2, 0) is 0 Å². The SMILES string of the molecule is O=C(c1ccccc1)c1ccc2c(c1)c1cc(C(=O)c3ccccc3)ccc1n2-c1cccc2c1C(=O)N(c1ccc(-c3ccccc3)cc1)C2=O. The van der Waals surface area contributed by atoms with Crippen LogP contribution in [0.25, 0.3) is 38.6 Å². The number of nitrogens with zero attached hydrogens (tertiary/aromatic N) is 2. The molecule has 0 saturated heterocycles. The summed E-state index contributed by atoms with van der Waals surface area (Å²) in [5.74, 6) is -1.09. The summed E-state index contributed by atoms with van der Waals surface area (Å²) in [4.78, 5) is 56.8. The molecule has 1 aliphatic heterocycles. The molecule has 0 atom stereocenters. The third kappa shape index (κ3) is 4.96. The van der Waals surface area contributed by atoms with E-state index in [0.29, 0.717) is 39.2 Å². The van der Waals surface area contributed by atoms with Crippen LogP contribution in [0.5, 0.6) is 0 Å². The molecule has 6 nitrogen and oxygen atoms in total. The molecular weight excluding hydrogens is 645 g/mol. The van der Waals surface area contributed by atoms with Gasteiger partial charge in [0.15, 0.2) is 11.6 Å². The molecule has 2 heterocycles. The average molecular weight is 673 g/mol. The van der Waals surface area contributed by atoms with Crippen molar-refractivity contribution in [2.75, 3.05) is 4.90 Å². The van der Waals surface area contributed by atoms with Crippen molar-refractivity contribution >= 4 is 50.9 Å². The Bertz CT molecular complexity index is 2620. The second-order valence-corrected chi connectivity index (χ2v) is 12.7. The number of benzene rings is 7. The van der Waals surface area contributed by atoms with Crippen molar-refractivity contribution < 1.29 is 19.2 Å². The number of anilines is 1. The fraction of sp³-hybridized carbons (Fsp3) is 0. The number of amides is 2. The molecule has 52 heavy (non-hydrogen) atoms. The zero-order chi connectivity index (χ0) is 35.3. The number of hydrogen-bond donors (Lipinski definition) is 0. The van der Waals surface area contributed by atoms with Crippen LogP contribution in [0.1, 0.15) is 52.6 Å². The Morgan fingerprint density at radius 2 is 0.923 bits per heavy atom. The lowest BCUT2D eigenvalue weighted by atomic mass is 9.99. The molecule has 6 heteroatoms. The quantitative estimate of drug-likeness (QED) is 0.125. The molecule has 0 spiro atoms. The molecular formula is C46H28N2O4. The van der Waals surface area contributed by atoms with E-state index in [1.807, 2.05) is 114 Å². The van der Waals surface area contributed by atoms with Crippen molar-refractivity contribution in [1.82, 2.24) is 4.57 Å². The van der Waals surface area contributed by atoms with Crippen LogP contribution in [0.4, 0.5) is 5.69 Å². The zero-order valence-corrected chi connectivity index (χ0v) is 27.7. The van der Waals surface area contributed by atoms with Crippen LogP contribution >= 0.6 is 0 Å². The van der Waals surface area contributed by atoms with Crippen molar-refractivity contribution in [3.05, 3.63) is 203 Å². The Morgan fingerprint density at radius 1 is 0.423 bits per heavy atom. The van der Waals surface area contributed by atoms with Crippen LogP contribution in [0.15, 0.2) is 170 Å². The third-order valence-corrected chi connectivity index (χ3v) is 9.73. The van der Waals surface area contributed by atoms with Gasteiger partial charge in [-0.3, -0.25) is 19.2 Å². The monoisotopic (exact) mass is 672 g/mol.